The van der Waals surface area contributed by atoms with Gasteiger partial charge in [-0.05, 0) is 30.8 Å². The number of rotatable bonds is 3. The highest BCUT2D eigenvalue weighted by Gasteiger charge is 2.29. The van der Waals surface area contributed by atoms with Crippen molar-refractivity contribution < 1.29 is 9.53 Å². The van der Waals surface area contributed by atoms with E-state index < -0.39 is 0 Å². The van der Waals surface area contributed by atoms with Gasteiger partial charge >= 0.3 is 0 Å². The largest absolute Gasteiger partial charge is 0.497 e. The van der Waals surface area contributed by atoms with Crippen LogP contribution < -0.4 is 10.3 Å². The number of benzene rings is 1. The van der Waals surface area contributed by atoms with E-state index in [1.165, 1.54) is 10.6 Å². The Labute approximate surface area is 147 Å². The molecule has 6 nitrogen and oxygen atoms in total. The van der Waals surface area contributed by atoms with Crippen LogP contribution in [0.1, 0.15) is 22.0 Å². The molecule has 0 aliphatic carbocycles. The summed E-state index contributed by atoms with van der Waals surface area (Å²) in [5.41, 5.74) is 1.58. The first-order valence-corrected chi connectivity index (χ1v) is 8.29. The number of ether oxygens (including phenoxy) is 1. The number of aryl methyl sites for hydroxylation is 1. The van der Waals surface area contributed by atoms with Gasteiger partial charge in [-0.25, -0.2) is 0 Å². The fourth-order valence-corrected chi connectivity index (χ4v) is 3.15. The summed E-state index contributed by atoms with van der Waals surface area (Å²) in [6, 6.07) is 11.1. The molecule has 0 spiro atoms. The van der Waals surface area contributed by atoms with Gasteiger partial charge in [0.15, 0.2) is 0 Å². The summed E-state index contributed by atoms with van der Waals surface area (Å²) in [5, 5.41) is 0. The third kappa shape index (κ3) is 3.58. The smallest absolute Gasteiger partial charge is 0.255 e. The molecule has 0 saturated carbocycles. The van der Waals surface area contributed by atoms with Gasteiger partial charge in [-0.15, -0.1) is 0 Å². The molecule has 1 aromatic heterocycles. The molecule has 2 heterocycles. The van der Waals surface area contributed by atoms with Crippen LogP contribution in [0.4, 0.5) is 0 Å². The van der Waals surface area contributed by atoms with Crippen molar-refractivity contribution in [2.24, 2.45) is 7.05 Å². The second-order valence-corrected chi connectivity index (χ2v) is 6.39. The number of amides is 1. The maximum atomic E-state index is 12.8. The van der Waals surface area contributed by atoms with Crippen molar-refractivity contribution in [2.75, 3.05) is 33.8 Å². The molecule has 1 saturated heterocycles. The van der Waals surface area contributed by atoms with Crippen LogP contribution in [0.15, 0.2) is 47.4 Å². The van der Waals surface area contributed by atoms with Crippen molar-refractivity contribution >= 4 is 5.91 Å². The van der Waals surface area contributed by atoms with Crippen LogP contribution in [0.2, 0.25) is 0 Å². The van der Waals surface area contributed by atoms with Gasteiger partial charge in [0.25, 0.3) is 5.91 Å². The van der Waals surface area contributed by atoms with E-state index in [9.17, 15) is 9.59 Å². The minimum Gasteiger partial charge on any atom is -0.497 e. The normalized spacial score (nSPS) is 18.2. The first-order valence-electron chi connectivity index (χ1n) is 8.29. The number of methoxy groups -OCH3 is 1. The Hall–Kier alpha value is -2.60. The first kappa shape index (κ1) is 17.2. The molecular formula is C19H23N3O3. The van der Waals surface area contributed by atoms with Crippen LogP contribution in [-0.4, -0.2) is 54.1 Å². The summed E-state index contributed by atoms with van der Waals surface area (Å²) in [7, 11) is 5.38. The summed E-state index contributed by atoms with van der Waals surface area (Å²) in [4.78, 5) is 28.5. The van der Waals surface area contributed by atoms with Crippen LogP contribution >= 0.6 is 0 Å². The number of carbonyl (C=O) groups is 1. The lowest BCUT2D eigenvalue weighted by molar-refractivity contribution is 0.0545. The van der Waals surface area contributed by atoms with Crippen molar-refractivity contribution in [3.05, 3.63) is 64.1 Å². The highest BCUT2D eigenvalue weighted by Crippen LogP contribution is 2.26. The molecule has 2 aromatic rings. The van der Waals surface area contributed by atoms with Crippen molar-refractivity contribution in [1.29, 1.82) is 0 Å². The standard InChI is InChI=1S/C19H23N3O3/c1-20-10-11-22(19(24)15-6-9-18(23)21(2)12-15)13-17(20)14-4-7-16(25-3)8-5-14/h4-9,12,17H,10-11,13H2,1-3H3/t17-/m1/s1. The predicted molar refractivity (Wildman–Crippen MR) is 96.0 cm³/mol. The highest BCUT2D eigenvalue weighted by atomic mass is 16.5. The lowest BCUT2D eigenvalue weighted by Gasteiger charge is -2.39. The Balaban J connectivity index is 1.80. The number of nitrogens with zero attached hydrogens (tertiary/aromatic N) is 3. The Bertz CT molecular complexity index is 813. The van der Waals surface area contributed by atoms with Crippen molar-refractivity contribution in [3.8, 4) is 5.75 Å². The molecule has 1 fully saturated rings. The average Bonchev–Trinajstić information content (AvgIpc) is 2.64. The van der Waals surface area contributed by atoms with Crippen molar-refractivity contribution in [1.82, 2.24) is 14.4 Å². The Morgan fingerprint density at radius 3 is 2.44 bits per heavy atom. The molecule has 132 valence electrons. The van der Waals surface area contributed by atoms with E-state index in [1.807, 2.05) is 29.2 Å². The first-order chi connectivity index (χ1) is 12.0. The van der Waals surface area contributed by atoms with Crippen LogP contribution in [0, 0.1) is 0 Å². The number of aromatic nitrogens is 1. The van der Waals surface area contributed by atoms with Gasteiger partial charge in [0.2, 0.25) is 5.56 Å². The van der Waals surface area contributed by atoms with Gasteiger partial charge < -0.3 is 14.2 Å². The van der Waals surface area contributed by atoms with E-state index in [0.717, 1.165) is 17.9 Å². The van der Waals surface area contributed by atoms with E-state index in [2.05, 4.69) is 11.9 Å². The van der Waals surface area contributed by atoms with E-state index in [-0.39, 0.29) is 17.5 Å². The van der Waals surface area contributed by atoms with Gasteiger partial charge in [-0.1, -0.05) is 12.1 Å². The fourth-order valence-electron chi connectivity index (χ4n) is 3.15. The summed E-state index contributed by atoms with van der Waals surface area (Å²) in [6.07, 6.45) is 1.60. The molecule has 25 heavy (non-hydrogen) atoms. The molecule has 3 rings (SSSR count). The van der Waals surface area contributed by atoms with Crippen LogP contribution in [0.5, 0.6) is 5.75 Å². The maximum Gasteiger partial charge on any atom is 0.255 e. The van der Waals surface area contributed by atoms with Crippen molar-refractivity contribution in [2.45, 2.75) is 6.04 Å². The molecule has 1 aliphatic rings. The summed E-state index contributed by atoms with van der Waals surface area (Å²) in [6.45, 7) is 2.09. The molecular weight excluding hydrogens is 318 g/mol. The minimum atomic E-state index is -0.119. The second kappa shape index (κ2) is 7.11. The van der Waals surface area contributed by atoms with Crippen molar-refractivity contribution in [3.63, 3.8) is 0 Å². The molecule has 1 aromatic carbocycles. The third-order valence-corrected chi connectivity index (χ3v) is 4.77. The molecule has 6 heteroatoms. The average molecular weight is 341 g/mol. The lowest BCUT2D eigenvalue weighted by atomic mass is 10.0. The van der Waals surface area contributed by atoms with Crippen LogP contribution in [0.25, 0.3) is 0 Å². The quantitative estimate of drug-likeness (QED) is 0.849. The number of carbonyl (C=O) groups excluding carboxylic acids is 1. The molecule has 0 bridgehead atoms. The van der Waals surface area contributed by atoms with Gasteiger partial charge in [0.05, 0.1) is 18.7 Å². The molecule has 0 unspecified atom stereocenters. The monoisotopic (exact) mass is 341 g/mol. The molecule has 1 amide bonds. The highest BCUT2D eigenvalue weighted by molar-refractivity contribution is 5.94. The summed E-state index contributed by atoms with van der Waals surface area (Å²) < 4.78 is 6.65. The number of hydrogen-bond acceptors (Lipinski definition) is 4. The molecule has 1 atom stereocenters. The Morgan fingerprint density at radius 2 is 1.80 bits per heavy atom. The Kier molecular flexibility index (Phi) is 4.90. The van der Waals surface area contributed by atoms with E-state index in [4.69, 9.17) is 4.74 Å². The van der Waals surface area contributed by atoms with Crippen LogP contribution in [0.3, 0.4) is 0 Å². The second-order valence-electron chi connectivity index (χ2n) is 6.39. The van der Waals surface area contributed by atoms with Gasteiger partial charge in [-0.3, -0.25) is 14.5 Å². The minimum absolute atomic E-state index is 0.0396. The zero-order chi connectivity index (χ0) is 18.0. The molecule has 0 radical (unpaired) electrons. The Morgan fingerprint density at radius 1 is 1.08 bits per heavy atom. The summed E-state index contributed by atoms with van der Waals surface area (Å²) in [5.74, 6) is 0.780. The fraction of sp³-hybridized carbons (Fsp3) is 0.368. The predicted octanol–water partition coefficient (Wildman–Crippen LogP) is 1.52. The maximum absolute atomic E-state index is 12.8. The van der Waals surface area contributed by atoms with Gasteiger partial charge in [-0.2, -0.15) is 0 Å². The lowest BCUT2D eigenvalue weighted by Crippen LogP contribution is -2.49. The molecule has 0 N–H and O–H groups in total. The van der Waals surface area contributed by atoms with Crippen LogP contribution in [-0.2, 0) is 7.05 Å². The zero-order valence-electron chi connectivity index (χ0n) is 14.8. The number of piperazine rings is 1. The van der Waals surface area contributed by atoms with Gasteiger partial charge in [0, 0.05) is 38.9 Å². The molecule has 1 aliphatic heterocycles. The van der Waals surface area contributed by atoms with Gasteiger partial charge in [0.1, 0.15) is 5.75 Å². The summed E-state index contributed by atoms with van der Waals surface area (Å²) >= 11 is 0. The zero-order valence-corrected chi connectivity index (χ0v) is 14.8. The number of pyridine rings is 1. The van der Waals surface area contributed by atoms with E-state index in [0.29, 0.717) is 18.7 Å². The SMILES string of the molecule is COc1ccc([C@H]2CN(C(=O)c3ccc(=O)n(C)c3)CCN2C)cc1. The number of hydrogen-bond donors (Lipinski definition) is 0. The number of likely N-dealkylation sites (N-methyl/N-ethyl adjacent to an activating group) is 1. The van der Waals surface area contributed by atoms with E-state index in [1.54, 1.807) is 26.4 Å². The van der Waals surface area contributed by atoms with E-state index >= 15 is 0 Å². The third-order valence-electron chi connectivity index (χ3n) is 4.77. The topological polar surface area (TPSA) is 54.8 Å².